The number of aromatic nitrogens is 4. The molecule has 2 heterocycles. The van der Waals surface area contributed by atoms with Gasteiger partial charge in [-0.2, -0.15) is 0 Å². The molecule has 12 heteroatoms. The van der Waals surface area contributed by atoms with E-state index < -0.39 is 0 Å². The largest absolute Gasteiger partial charge is 0.300 e. The normalized spacial score (nSPS) is 13.1. The molecule has 0 fully saturated rings. The van der Waals surface area contributed by atoms with Crippen LogP contribution in [-0.4, -0.2) is 54.2 Å². The van der Waals surface area contributed by atoms with Crippen molar-refractivity contribution >= 4 is 68.3 Å². The lowest BCUT2D eigenvalue weighted by Gasteiger charge is -2.15. The maximum atomic E-state index is 12.4. The first-order valence-electron chi connectivity index (χ1n) is 8.88. The van der Waals surface area contributed by atoms with E-state index in [0.29, 0.717) is 10.3 Å². The fourth-order valence-corrected chi connectivity index (χ4v) is 5.62. The van der Waals surface area contributed by atoms with E-state index in [1.54, 1.807) is 23.5 Å². The van der Waals surface area contributed by atoms with Crippen LogP contribution in [0.2, 0.25) is 0 Å². The minimum absolute atomic E-state index is 0.0509. The number of nitrogens with one attached hydrogen (secondary N) is 2. The quantitative estimate of drug-likeness (QED) is 0.489. The highest BCUT2D eigenvalue weighted by Gasteiger charge is 2.21. The van der Waals surface area contributed by atoms with Crippen LogP contribution in [0.1, 0.15) is 36.7 Å². The molecule has 0 saturated carbocycles. The summed E-state index contributed by atoms with van der Waals surface area (Å²) in [6.45, 7) is 7.68. The average molecular weight is 461 g/mol. The van der Waals surface area contributed by atoms with E-state index in [1.165, 1.54) is 22.7 Å². The molecule has 0 spiro atoms. The van der Waals surface area contributed by atoms with Gasteiger partial charge < -0.3 is 0 Å². The second-order valence-electron chi connectivity index (χ2n) is 5.77. The molecule has 2 aromatic heterocycles. The van der Waals surface area contributed by atoms with E-state index in [9.17, 15) is 9.59 Å². The summed E-state index contributed by atoms with van der Waals surface area (Å²) in [6, 6.07) is 0. The van der Waals surface area contributed by atoms with E-state index in [-0.39, 0.29) is 22.3 Å². The Kier molecular flexibility index (Phi) is 9.62. The van der Waals surface area contributed by atoms with Crippen molar-refractivity contribution in [1.82, 2.24) is 20.4 Å². The molecule has 2 N–H and O–H groups in total. The molecule has 2 unspecified atom stereocenters. The van der Waals surface area contributed by atoms with Crippen molar-refractivity contribution in [2.24, 2.45) is 0 Å². The Morgan fingerprint density at radius 3 is 1.50 bits per heavy atom. The number of hydrogen-bond donors (Lipinski definition) is 2. The summed E-state index contributed by atoms with van der Waals surface area (Å²) in [7, 11) is 0. The monoisotopic (exact) mass is 460 g/mol. The molecule has 2 atom stereocenters. The third kappa shape index (κ3) is 7.30. The number of anilines is 2. The number of thioether (sulfide) groups is 2. The second kappa shape index (κ2) is 11.7. The summed E-state index contributed by atoms with van der Waals surface area (Å²) in [4.78, 5) is 24.7. The molecule has 2 aromatic rings. The Morgan fingerprint density at radius 2 is 1.21 bits per heavy atom. The van der Waals surface area contributed by atoms with Gasteiger partial charge in [0.25, 0.3) is 0 Å². The number of amides is 2. The molecule has 2 amide bonds. The minimum Gasteiger partial charge on any atom is -0.300 e. The van der Waals surface area contributed by atoms with Gasteiger partial charge in [0.15, 0.2) is 0 Å². The van der Waals surface area contributed by atoms with Crippen molar-refractivity contribution in [2.45, 2.75) is 51.0 Å². The van der Waals surface area contributed by atoms with Gasteiger partial charge in [-0.05, 0) is 26.7 Å². The van der Waals surface area contributed by atoms with E-state index in [1.807, 2.05) is 27.7 Å². The summed E-state index contributed by atoms with van der Waals surface area (Å²) in [5.74, 6) is 1.47. The van der Waals surface area contributed by atoms with Crippen LogP contribution >= 0.6 is 46.2 Å². The van der Waals surface area contributed by atoms with Crippen LogP contribution in [0.25, 0.3) is 0 Å². The smallest absolute Gasteiger partial charge is 0.239 e. The molecular weight excluding hydrogens is 436 g/mol. The van der Waals surface area contributed by atoms with Crippen LogP contribution in [-0.2, 0) is 9.59 Å². The SMILES string of the molecule is CCC(SCCSC(CC)C(=O)Nc1nnc(C)s1)C(=O)Nc1nnc(C)s1. The van der Waals surface area contributed by atoms with Gasteiger partial charge in [0.1, 0.15) is 10.0 Å². The van der Waals surface area contributed by atoms with Gasteiger partial charge in [0.2, 0.25) is 22.1 Å². The fraction of sp³-hybridized carbons (Fsp3) is 0.625. The van der Waals surface area contributed by atoms with Crippen molar-refractivity contribution in [2.75, 3.05) is 22.1 Å². The second-order valence-corrected chi connectivity index (χ2v) is 10.8. The first kappa shape index (κ1) is 23.0. The van der Waals surface area contributed by atoms with E-state index in [2.05, 4.69) is 31.0 Å². The zero-order valence-electron chi connectivity index (χ0n) is 16.2. The van der Waals surface area contributed by atoms with Crippen LogP contribution in [0.4, 0.5) is 10.3 Å². The maximum Gasteiger partial charge on any atom is 0.239 e. The van der Waals surface area contributed by atoms with Crippen molar-refractivity contribution in [3.63, 3.8) is 0 Å². The summed E-state index contributed by atoms with van der Waals surface area (Å²) < 4.78 is 0. The van der Waals surface area contributed by atoms with Gasteiger partial charge in [0.05, 0.1) is 10.5 Å². The van der Waals surface area contributed by atoms with Gasteiger partial charge in [-0.1, -0.05) is 36.5 Å². The average Bonchev–Trinajstić information content (AvgIpc) is 3.25. The van der Waals surface area contributed by atoms with Gasteiger partial charge in [-0.25, -0.2) is 0 Å². The highest BCUT2D eigenvalue weighted by molar-refractivity contribution is 8.04. The molecule has 28 heavy (non-hydrogen) atoms. The molecule has 154 valence electrons. The molecule has 0 aliphatic heterocycles. The molecule has 2 rings (SSSR count). The summed E-state index contributed by atoms with van der Waals surface area (Å²) in [5, 5.41) is 23.7. The molecule has 8 nitrogen and oxygen atoms in total. The first-order chi connectivity index (χ1) is 13.4. The number of carbonyl (C=O) groups excluding carboxylic acids is 2. The van der Waals surface area contributed by atoms with Gasteiger partial charge in [0, 0.05) is 11.5 Å². The van der Waals surface area contributed by atoms with Crippen molar-refractivity contribution < 1.29 is 9.59 Å². The van der Waals surface area contributed by atoms with Crippen molar-refractivity contribution in [3.8, 4) is 0 Å². The van der Waals surface area contributed by atoms with Crippen LogP contribution < -0.4 is 10.6 Å². The highest BCUT2D eigenvalue weighted by atomic mass is 32.2. The third-order valence-electron chi connectivity index (χ3n) is 3.56. The van der Waals surface area contributed by atoms with Gasteiger partial charge >= 0.3 is 0 Å². The van der Waals surface area contributed by atoms with Gasteiger partial charge in [-0.15, -0.1) is 43.9 Å². The lowest BCUT2D eigenvalue weighted by atomic mass is 10.3. The summed E-state index contributed by atoms with van der Waals surface area (Å²) in [5.41, 5.74) is 0. The predicted molar refractivity (Wildman–Crippen MR) is 120 cm³/mol. The summed E-state index contributed by atoms with van der Waals surface area (Å²) >= 11 is 5.93. The number of carbonyl (C=O) groups is 2. The van der Waals surface area contributed by atoms with Crippen LogP contribution in [0, 0.1) is 13.8 Å². The Hall–Kier alpha value is -1.24. The number of nitrogens with zero attached hydrogens (tertiary/aromatic N) is 4. The standard InChI is InChI=1S/C16H24N6O2S4/c1-5-11(13(23)17-15-21-19-9(3)27-15)25-7-8-26-12(6-2)14(24)18-16-22-20-10(4)28-16/h11-12H,5-8H2,1-4H3,(H,17,21,23)(H,18,22,24). The number of aryl methyl sites for hydroxylation is 2. The number of hydrogen-bond acceptors (Lipinski definition) is 10. The maximum absolute atomic E-state index is 12.4. The molecule has 0 radical (unpaired) electrons. The van der Waals surface area contributed by atoms with Crippen LogP contribution in [0.15, 0.2) is 0 Å². The first-order valence-corrected chi connectivity index (χ1v) is 12.6. The predicted octanol–water partition coefficient (Wildman–Crippen LogP) is 3.61. The summed E-state index contributed by atoms with van der Waals surface area (Å²) in [6.07, 6.45) is 1.46. The Morgan fingerprint density at radius 1 is 0.821 bits per heavy atom. The van der Waals surface area contributed by atoms with Crippen molar-refractivity contribution in [1.29, 1.82) is 0 Å². The minimum atomic E-state index is -0.150. The molecule has 0 aliphatic carbocycles. The lowest BCUT2D eigenvalue weighted by Crippen LogP contribution is -2.26. The zero-order valence-corrected chi connectivity index (χ0v) is 19.5. The van der Waals surface area contributed by atoms with Crippen molar-refractivity contribution in [3.05, 3.63) is 10.0 Å². The molecule has 0 aromatic carbocycles. The fourth-order valence-electron chi connectivity index (χ4n) is 2.20. The molecule has 0 aliphatic rings. The Labute approximate surface area is 181 Å². The zero-order chi connectivity index (χ0) is 20.5. The van der Waals surface area contributed by atoms with Gasteiger partial charge in [-0.3, -0.25) is 20.2 Å². The molecular formula is C16H24N6O2S4. The van der Waals surface area contributed by atoms with E-state index >= 15 is 0 Å². The number of rotatable bonds is 11. The van der Waals surface area contributed by atoms with Crippen LogP contribution in [0.5, 0.6) is 0 Å². The third-order valence-corrected chi connectivity index (χ3v) is 8.11. The Balaban J connectivity index is 1.73. The lowest BCUT2D eigenvalue weighted by molar-refractivity contribution is -0.116. The molecule has 0 saturated heterocycles. The van der Waals surface area contributed by atoms with E-state index in [0.717, 1.165) is 34.4 Å². The molecule has 0 bridgehead atoms. The van der Waals surface area contributed by atoms with E-state index in [4.69, 9.17) is 0 Å². The topological polar surface area (TPSA) is 110 Å². The highest BCUT2D eigenvalue weighted by Crippen LogP contribution is 2.23. The Bertz CT molecular complexity index is 717. The van der Waals surface area contributed by atoms with Crippen LogP contribution in [0.3, 0.4) is 0 Å².